The third-order valence-corrected chi connectivity index (χ3v) is 7.70. The Morgan fingerprint density at radius 2 is 2.34 bits per heavy atom. The molecule has 2 aromatic heterocycles. The standard InChI is InChI=1S/C21H27N3O3S2/c1-3-8-24-20(26)18-15-7-6-13(2)10-16(15)29-19(18)23-21(24)28-12-17(25)22-11-14-5-4-9-27-14/h3,13-14H,1,4-12H2,2H3,(H,22,25). The van der Waals surface area contributed by atoms with Crippen LogP contribution in [0, 0.1) is 5.92 Å². The lowest BCUT2D eigenvalue weighted by Crippen LogP contribution is -2.33. The topological polar surface area (TPSA) is 73.2 Å². The van der Waals surface area contributed by atoms with Crippen LogP contribution < -0.4 is 10.9 Å². The smallest absolute Gasteiger partial charge is 0.263 e. The number of nitrogens with one attached hydrogen (secondary N) is 1. The first-order valence-corrected chi connectivity index (χ1v) is 12.0. The van der Waals surface area contributed by atoms with E-state index in [-0.39, 0.29) is 23.3 Å². The fraction of sp³-hybridized carbons (Fsp3) is 0.571. The molecular formula is C21H27N3O3S2. The Morgan fingerprint density at radius 1 is 1.48 bits per heavy atom. The van der Waals surface area contributed by atoms with Crippen molar-refractivity contribution in [2.75, 3.05) is 18.9 Å². The molecule has 3 heterocycles. The monoisotopic (exact) mass is 433 g/mol. The van der Waals surface area contributed by atoms with E-state index >= 15 is 0 Å². The number of carbonyl (C=O) groups is 1. The van der Waals surface area contributed by atoms with Crippen molar-refractivity contribution < 1.29 is 9.53 Å². The summed E-state index contributed by atoms with van der Waals surface area (Å²) in [6.07, 6.45) is 6.95. The van der Waals surface area contributed by atoms with Crippen LogP contribution in [-0.4, -0.2) is 40.5 Å². The Bertz CT molecular complexity index is 976. The van der Waals surface area contributed by atoms with Crippen LogP contribution >= 0.6 is 23.1 Å². The van der Waals surface area contributed by atoms with Gasteiger partial charge in [-0.1, -0.05) is 24.8 Å². The van der Waals surface area contributed by atoms with E-state index in [9.17, 15) is 9.59 Å². The number of rotatable bonds is 7. The van der Waals surface area contributed by atoms with E-state index in [4.69, 9.17) is 9.72 Å². The van der Waals surface area contributed by atoms with Gasteiger partial charge in [-0.25, -0.2) is 4.98 Å². The molecule has 1 N–H and O–H groups in total. The number of thioether (sulfide) groups is 1. The Labute approximate surface area is 178 Å². The third-order valence-electron chi connectivity index (χ3n) is 5.58. The summed E-state index contributed by atoms with van der Waals surface area (Å²) in [4.78, 5) is 32.4. The van der Waals surface area contributed by atoms with Crippen molar-refractivity contribution in [3.05, 3.63) is 33.4 Å². The van der Waals surface area contributed by atoms with Crippen molar-refractivity contribution in [2.24, 2.45) is 5.92 Å². The number of aryl methyl sites for hydroxylation is 1. The maximum atomic E-state index is 13.2. The number of aromatic nitrogens is 2. The number of nitrogens with zero attached hydrogens (tertiary/aromatic N) is 2. The van der Waals surface area contributed by atoms with Crippen molar-refractivity contribution >= 4 is 39.2 Å². The van der Waals surface area contributed by atoms with Crippen molar-refractivity contribution in [3.8, 4) is 0 Å². The first kappa shape index (κ1) is 20.6. The van der Waals surface area contributed by atoms with E-state index < -0.39 is 0 Å². The van der Waals surface area contributed by atoms with Gasteiger partial charge in [-0.05, 0) is 43.6 Å². The summed E-state index contributed by atoms with van der Waals surface area (Å²) in [6.45, 7) is 7.75. The highest BCUT2D eigenvalue weighted by atomic mass is 32.2. The van der Waals surface area contributed by atoms with E-state index in [1.165, 1.54) is 22.2 Å². The Balaban J connectivity index is 1.54. The first-order chi connectivity index (χ1) is 14.1. The lowest BCUT2D eigenvalue weighted by molar-refractivity contribution is -0.119. The molecule has 0 radical (unpaired) electrons. The summed E-state index contributed by atoms with van der Waals surface area (Å²) in [6, 6.07) is 0. The molecular weight excluding hydrogens is 406 g/mol. The second kappa shape index (κ2) is 9.02. The van der Waals surface area contributed by atoms with Crippen molar-refractivity contribution in [1.29, 1.82) is 0 Å². The van der Waals surface area contributed by atoms with Crippen LogP contribution in [0.2, 0.25) is 0 Å². The predicted octanol–water partition coefficient (Wildman–Crippen LogP) is 3.16. The number of thiophene rings is 1. The number of hydrogen-bond acceptors (Lipinski definition) is 6. The fourth-order valence-corrected chi connectivity index (χ4v) is 6.28. The molecule has 156 valence electrons. The second-order valence-corrected chi connectivity index (χ2v) is 9.88. The van der Waals surface area contributed by atoms with Gasteiger partial charge in [0.15, 0.2) is 5.16 Å². The van der Waals surface area contributed by atoms with Crippen LogP contribution in [0.3, 0.4) is 0 Å². The minimum absolute atomic E-state index is 0.00998. The zero-order valence-corrected chi connectivity index (χ0v) is 18.4. The predicted molar refractivity (Wildman–Crippen MR) is 118 cm³/mol. The maximum absolute atomic E-state index is 13.2. The average Bonchev–Trinajstić information content (AvgIpc) is 3.34. The number of amides is 1. The van der Waals surface area contributed by atoms with Crippen molar-refractivity contribution in [3.63, 3.8) is 0 Å². The molecule has 2 aliphatic rings. The Kier molecular flexibility index (Phi) is 6.41. The third kappa shape index (κ3) is 4.44. The molecule has 1 aliphatic carbocycles. The molecule has 2 aromatic rings. The van der Waals surface area contributed by atoms with Gasteiger partial charge in [0.25, 0.3) is 5.56 Å². The van der Waals surface area contributed by atoms with Gasteiger partial charge in [0.1, 0.15) is 4.83 Å². The van der Waals surface area contributed by atoms with Gasteiger partial charge in [-0.3, -0.25) is 14.2 Å². The molecule has 1 aliphatic heterocycles. The quantitative estimate of drug-likeness (QED) is 0.413. The minimum atomic E-state index is -0.0655. The molecule has 29 heavy (non-hydrogen) atoms. The maximum Gasteiger partial charge on any atom is 0.263 e. The second-order valence-electron chi connectivity index (χ2n) is 7.86. The van der Waals surface area contributed by atoms with Gasteiger partial charge in [0, 0.05) is 24.6 Å². The van der Waals surface area contributed by atoms with Crippen LogP contribution in [0.25, 0.3) is 10.2 Å². The van der Waals surface area contributed by atoms with E-state index in [0.29, 0.717) is 24.2 Å². The van der Waals surface area contributed by atoms with E-state index in [2.05, 4.69) is 18.8 Å². The molecule has 1 amide bonds. The zero-order chi connectivity index (χ0) is 20.4. The summed E-state index contributed by atoms with van der Waals surface area (Å²) < 4.78 is 7.19. The van der Waals surface area contributed by atoms with Gasteiger partial charge >= 0.3 is 0 Å². The lowest BCUT2D eigenvalue weighted by atomic mass is 9.89. The number of carbonyl (C=O) groups excluding carboxylic acids is 1. The number of hydrogen-bond donors (Lipinski definition) is 1. The van der Waals surface area contributed by atoms with Gasteiger partial charge in [-0.15, -0.1) is 17.9 Å². The molecule has 4 rings (SSSR count). The highest BCUT2D eigenvalue weighted by Crippen LogP contribution is 2.36. The number of allylic oxidation sites excluding steroid dienone is 1. The molecule has 2 atom stereocenters. The normalized spacial score (nSPS) is 21.3. The van der Waals surface area contributed by atoms with E-state index in [1.54, 1.807) is 22.0 Å². The number of fused-ring (bicyclic) bond motifs is 3. The largest absolute Gasteiger partial charge is 0.376 e. The zero-order valence-electron chi connectivity index (χ0n) is 16.7. The van der Waals surface area contributed by atoms with Crippen LogP contribution in [0.1, 0.15) is 36.6 Å². The first-order valence-electron chi connectivity index (χ1n) is 10.2. The van der Waals surface area contributed by atoms with Gasteiger partial charge < -0.3 is 10.1 Å². The fourth-order valence-electron chi connectivity index (χ4n) is 4.02. The molecule has 0 aromatic carbocycles. The highest BCUT2D eigenvalue weighted by molar-refractivity contribution is 7.99. The van der Waals surface area contributed by atoms with Crippen molar-refractivity contribution in [1.82, 2.24) is 14.9 Å². The average molecular weight is 434 g/mol. The van der Waals surface area contributed by atoms with Crippen LogP contribution in [0.15, 0.2) is 22.6 Å². The van der Waals surface area contributed by atoms with Gasteiger partial charge in [0.2, 0.25) is 5.91 Å². The van der Waals surface area contributed by atoms with Crippen molar-refractivity contribution in [2.45, 2.75) is 56.8 Å². The molecule has 2 unspecified atom stereocenters. The number of ether oxygens (including phenoxy) is 1. The van der Waals surface area contributed by atoms with Crippen LogP contribution in [0.4, 0.5) is 0 Å². The lowest BCUT2D eigenvalue weighted by Gasteiger charge is -2.17. The molecule has 0 saturated carbocycles. The molecule has 1 saturated heterocycles. The van der Waals surface area contributed by atoms with E-state index in [0.717, 1.165) is 48.9 Å². The van der Waals surface area contributed by atoms with E-state index in [1.807, 2.05) is 0 Å². The van der Waals surface area contributed by atoms with Crippen LogP contribution in [-0.2, 0) is 28.9 Å². The molecule has 0 spiro atoms. The van der Waals surface area contributed by atoms with Crippen LogP contribution in [0.5, 0.6) is 0 Å². The van der Waals surface area contributed by atoms with Gasteiger partial charge in [0.05, 0.1) is 17.2 Å². The molecule has 8 heteroatoms. The van der Waals surface area contributed by atoms with Gasteiger partial charge in [-0.2, -0.15) is 0 Å². The summed E-state index contributed by atoms with van der Waals surface area (Å²) in [7, 11) is 0. The summed E-state index contributed by atoms with van der Waals surface area (Å²) in [5.74, 6) is 0.806. The minimum Gasteiger partial charge on any atom is -0.376 e. The Hall–Kier alpha value is -1.64. The molecule has 6 nitrogen and oxygen atoms in total. The molecule has 0 bridgehead atoms. The SMILES string of the molecule is C=CCn1c(SCC(=O)NCC2CCCO2)nc2sc3c(c2c1=O)CCC(C)C3. The molecule has 1 fully saturated rings. The summed E-state index contributed by atoms with van der Waals surface area (Å²) in [5, 5.41) is 4.28. The summed E-state index contributed by atoms with van der Waals surface area (Å²) in [5.41, 5.74) is 1.17. The summed E-state index contributed by atoms with van der Waals surface area (Å²) >= 11 is 2.95. The Morgan fingerprint density at radius 3 is 3.10 bits per heavy atom. The highest BCUT2D eigenvalue weighted by Gasteiger charge is 2.25.